The van der Waals surface area contributed by atoms with Crippen molar-refractivity contribution in [1.29, 1.82) is 0 Å². The van der Waals surface area contributed by atoms with Crippen LogP contribution < -0.4 is 5.73 Å². The topological polar surface area (TPSA) is 46.3 Å². The summed E-state index contributed by atoms with van der Waals surface area (Å²) in [7, 11) is 0. The van der Waals surface area contributed by atoms with Crippen molar-refractivity contribution in [2.75, 3.05) is 19.6 Å². The number of piperidine rings is 1. The van der Waals surface area contributed by atoms with Crippen molar-refractivity contribution in [3.8, 4) is 0 Å². The number of amides is 1. The standard InChI is InChI=1S/C9H17IN2O/c10-8-3-6-12(7-4-8)5-1-2-9(11)13/h8H,1-7H2,(H2,11,13). The van der Waals surface area contributed by atoms with E-state index >= 15 is 0 Å². The normalized spacial score (nSPS) is 20.4. The second kappa shape index (κ2) is 5.80. The smallest absolute Gasteiger partial charge is 0.217 e. The molecule has 0 radical (unpaired) electrons. The molecule has 0 aliphatic carbocycles. The Kier molecular flexibility index (Phi) is 5.01. The van der Waals surface area contributed by atoms with Crippen LogP contribution in [0.15, 0.2) is 0 Å². The molecule has 1 heterocycles. The maximum atomic E-state index is 10.5. The number of carbonyl (C=O) groups is 1. The number of carbonyl (C=O) groups excluding carboxylic acids is 1. The summed E-state index contributed by atoms with van der Waals surface area (Å²) in [5, 5.41) is 0. The number of nitrogens with zero attached hydrogens (tertiary/aromatic N) is 1. The monoisotopic (exact) mass is 296 g/mol. The number of rotatable bonds is 4. The van der Waals surface area contributed by atoms with Crippen LogP contribution >= 0.6 is 22.6 Å². The molecule has 0 aromatic heterocycles. The molecule has 0 bridgehead atoms. The van der Waals surface area contributed by atoms with Gasteiger partial charge in [0.05, 0.1) is 0 Å². The Labute approximate surface area is 93.2 Å². The van der Waals surface area contributed by atoms with E-state index in [1.165, 1.54) is 25.9 Å². The van der Waals surface area contributed by atoms with Crippen molar-refractivity contribution in [1.82, 2.24) is 4.90 Å². The third-order valence-electron chi connectivity index (χ3n) is 2.41. The van der Waals surface area contributed by atoms with Crippen LogP contribution in [0.25, 0.3) is 0 Å². The predicted octanol–water partition coefficient (Wildman–Crippen LogP) is 1.15. The maximum absolute atomic E-state index is 10.5. The first-order chi connectivity index (χ1) is 6.18. The second-order valence-corrected chi connectivity index (χ2v) is 5.35. The number of nitrogens with two attached hydrogens (primary N) is 1. The molecule has 4 heteroatoms. The van der Waals surface area contributed by atoms with E-state index in [0.29, 0.717) is 6.42 Å². The molecular formula is C9H17IN2O. The molecule has 1 saturated heterocycles. The van der Waals surface area contributed by atoms with E-state index in [-0.39, 0.29) is 5.91 Å². The van der Waals surface area contributed by atoms with Crippen molar-refractivity contribution in [2.24, 2.45) is 5.73 Å². The van der Waals surface area contributed by atoms with Crippen LogP contribution in [0, 0.1) is 0 Å². The summed E-state index contributed by atoms with van der Waals surface area (Å²) in [6.07, 6.45) is 4.03. The lowest BCUT2D eigenvalue weighted by molar-refractivity contribution is -0.118. The lowest BCUT2D eigenvalue weighted by Crippen LogP contribution is -2.34. The fourth-order valence-electron chi connectivity index (χ4n) is 1.60. The van der Waals surface area contributed by atoms with E-state index in [1.54, 1.807) is 0 Å². The van der Waals surface area contributed by atoms with Gasteiger partial charge in [0, 0.05) is 10.3 Å². The zero-order valence-electron chi connectivity index (χ0n) is 7.84. The van der Waals surface area contributed by atoms with E-state index in [4.69, 9.17) is 5.73 Å². The lowest BCUT2D eigenvalue weighted by atomic mass is 10.1. The fourth-order valence-corrected chi connectivity index (χ4v) is 2.16. The van der Waals surface area contributed by atoms with Gasteiger partial charge in [-0.25, -0.2) is 0 Å². The summed E-state index contributed by atoms with van der Waals surface area (Å²) >= 11 is 2.51. The van der Waals surface area contributed by atoms with Gasteiger partial charge in [0.1, 0.15) is 0 Å². The molecule has 0 saturated carbocycles. The van der Waals surface area contributed by atoms with E-state index < -0.39 is 0 Å². The van der Waals surface area contributed by atoms with Gasteiger partial charge in [-0.15, -0.1) is 0 Å². The van der Waals surface area contributed by atoms with Crippen molar-refractivity contribution in [3.05, 3.63) is 0 Å². The largest absolute Gasteiger partial charge is 0.370 e. The summed E-state index contributed by atoms with van der Waals surface area (Å²) in [5.41, 5.74) is 5.07. The molecule has 76 valence electrons. The van der Waals surface area contributed by atoms with Gasteiger partial charge in [-0.1, -0.05) is 22.6 Å². The van der Waals surface area contributed by atoms with E-state index in [9.17, 15) is 4.79 Å². The van der Waals surface area contributed by atoms with Gasteiger partial charge in [-0.3, -0.25) is 4.79 Å². The Morgan fingerprint density at radius 3 is 2.62 bits per heavy atom. The van der Waals surface area contributed by atoms with Crippen LogP contribution in [0.4, 0.5) is 0 Å². The molecule has 13 heavy (non-hydrogen) atoms. The number of hydrogen-bond donors (Lipinski definition) is 1. The first-order valence-electron chi connectivity index (χ1n) is 4.83. The number of hydrogen-bond acceptors (Lipinski definition) is 2. The van der Waals surface area contributed by atoms with Crippen LogP contribution in [0.1, 0.15) is 25.7 Å². The summed E-state index contributed by atoms with van der Waals surface area (Å²) < 4.78 is 0.852. The van der Waals surface area contributed by atoms with Crippen molar-refractivity contribution >= 4 is 28.5 Å². The van der Waals surface area contributed by atoms with Gasteiger partial charge >= 0.3 is 0 Å². The zero-order chi connectivity index (χ0) is 9.68. The molecule has 1 aliphatic rings. The number of likely N-dealkylation sites (tertiary alicyclic amines) is 1. The molecule has 0 unspecified atom stereocenters. The molecule has 1 aliphatic heterocycles. The summed E-state index contributed by atoms with van der Waals surface area (Å²) in [6.45, 7) is 3.41. The quantitative estimate of drug-likeness (QED) is 0.625. The molecule has 2 N–H and O–H groups in total. The Morgan fingerprint density at radius 2 is 2.08 bits per heavy atom. The minimum absolute atomic E-state index is 0.177. The van der Waals surface area contributed by atoms with Crippen LogP contribution in [0.3, 0.4) is 0 Å². The van der Waals surface area contributed by atoms with E-state index in [2.05, 4.69) is 27.5 Å². The maximum Gasteiger partial charge on any atom is 0.217 e. The first-order valence-corrected chi connectivity index (χ1v) is 6.08. The molecule has 3 nitrogen and oxygen atoms in total. The number of halogens is 1. The van der Waals surface area contributed by atoms with Gasteiger partial charge in [0.15, 0.2) is 0 Å². The number of alkyl halides is 1. The third-order valence-corrected chi connectivity index (χ3v) is 3.66. The summed E-state index contributed by atoms with van der Waals surface area (Å²) in [4.78, 5) is 12.9. The molecular weight excluding hydrogens is 279 g/mol. The predicted molar refractivity (Wildman–Crippen MR) is 61.9 cm³/mol. The van der Waals surface area contributed by atoms with Crippen molar-refractivity contribution < 1.29 is 4.79 Å². The van der Waals surface area contributed by atoms with Crippen LogP contribution in [0.2, 0.25) is 0 Å². The minimum Gasteiger partial charge on any atom is -0.370 e. The van der Waals surface area contributed by atoms with Crippen LogP contribution in [-0.2, 0) is 4.79 Å². The average molecular weight is 296 g/mol. The Hall–Kier alpha value is 0.160. The molecule has 0 aromatic carbocycles. The van der Waals surface area contributed by atoms with Crippen LogP contribution in [0.5, 0.6) is 0 Å². The SMILES string of the molecule is NC(=O)CCCN1CCC(I)CC1. The molecule has 0 spiro atoms. The average Bonchev–Trinajstić information content (AvgIpc) is 2.08. The molecule has 0 aromatic rings. The highest BCUT2D eigenvalue weighted by Gasteiger charge is 2.15. The van der Waals surface area contributed by atoms with E-state index in [0.717, 1.165) is 16.9 Å². The summed E-state index contributed by atoms with van der Waals surface area (Å²) in [5.74, 6) is -0.177. The second-order valence-electron chi connectivity index (χ2n) is 3.59. The molecule has 1 rings (SSSR count). The van der Waals surface area contributed by atoms with E-state index in [1.807, 2.05) is 0 Å². The van der Waals surface area contributed by atoms with Gasteiger partial charge in [-0.2, -0.15) is 0 Å². The highest BCUT2D eigenvalue weighted by atomic mass is 127. The minimum atomic E-state index is -0.177. The zero-order valence-corrected chi connectivity index (χ0v) is 10.00. The van der Waals surface area contributed by atoms with Gasteiger partial charge in [0.25, 0.3) is 0 Å². The molecule has 0 atom stereocenters. The van der Waals surface area contributed by atoms with Gasteiger partial charge in [-0.05, 0) is 38.9 Å². The Balaban J connectivity index is 2.05. The lowest BCUT2D eigenvalue weighted by Gasteiger charge is -2.29. The number of primary amides is 1. The highest BCUT2D eigenvalue weighted by molar-refractivity contribution is 14.1. The van der Waals surface area contributed by atoms with Gasteiger partial charge < -0.3 is 10.6 Å². The summed E-state index contributed by atoms with van der Waals surface area (Å²) in [6, 6.07) is 0. The van der Waals surface area contributed by atoms with Crippen LogP contribution in [-0.4, -0.2) is 34.4 Å². The fraction of sp³-hybridized carbons (Fsp3) is 0.889. The van der Waals surface area contributed by atoms with Crippen molar-refractivity contribution in [2.45, 2.75) is 29.6 Å². The highest BCUT2D eigenvalue weighted by Crippen LogP contribution is 2.17. The molecule has 1 fully saturated rings. The molecule has 1 amide bonds. The third kappa shape index (κ3) is 4.81. The first kappa shape index (κ1) is 11.2. The Bertz CT molecular complexity index is 167. The Morgan fingerprint density at radius 1 is 1.46 bits per heavy atom. The van der Waals surface area contributed by atoms with Gasteiger partial charge in [0.2, 0.25) is 5.91 Å². The van der Waals surface area contributed by atoms with Crippen molar-refractivity contribution in [3.63, 3.8) is 0 Å².